The molecule has 4 rings (SSSR count). The monoisotopic (exact) mass is 392 g/mol. The minimum atomic E-state index is -1.12. The number of benzene rings is 1. The first-order valence-corrected chi connectivity index (χ1v) is 9.26. The molecule has 0 unspecified atom stereocenters. The molecule has 2 N–H and O–H groups in total. The van der Waals surface area contributed by atoms with Crippen LogP contribution in [0.4, 0.5) is 10.2 Å². The molecule has 0 aliphatic heterocycles. The summed E-state index contributed by atoms with van der Waals surface area (Å²) in [4.78, 5) is 8.99. The number of ether oxygens (including phenoxy) is 1. The number of imidazole rings is 1. The van der Waals surface area contributed by atoms with Crippen LogP contribution < -0.4 is 10.1 Å². The molecule has 0 saturated heterocycles. The number of rotatable bonds is 7. The van der Waals surface area contributed by atoms with Crippen LogP contribution in [0.3, 0.4) is 0 Å². The number of pyridine rings is 2. The molecule has 148 valence electrons. The van der Waals surface area contributed by atoms with Gasteiger partial charge in [0.15, 0.2) is 0 Å². The lowest BCUT2D eigenvalue weighted by molar-refractivity contribution is 0.0840. The number of aromatic nitrogens is 3. The van der Waals surface area contributed by atoms with Gasteiger partial charge in [0.25, 0.3) is 0 Å². The van der Waals surface area contributed by atoms with Gasteiger partial charge in [-0.3, -0.25) is 0 Å². The van der Waals surface area contributed by atoms with Crippen LogP contribution in [0.5, 0.6) is 5.75 Å². The molecule has 4 aromatic rings. The van der Waals surface area contributed by atoms with Crippen LogP contribution in [0.1, 0.15) is 0 Å². The topological polar surface area (TPSA) is 71.7 Å². The summed E-state index contributed by atoms with van der Waals surface area (Å²) in [6.07, 6.45) is 4.39. The van der Waals surface area contributed by atoms with Crippen molar-refractivity contribution in [3.05, 3.63) is 67.1 Å². The van der Waals surface area contributed by atoms with Gasteiger partial charge < -0.3 is 19.6 Å². The number of hydrogen-bond donors (Lipinski definition) is 2. The van der Waals surface area contributed by atoms with E-state index in [1.807, 2.05) is 66.3 Å². The van der Waals surface area contributed by atoms with E-state index in [9.17, 15) is 9.50 Å². The Hall–Kier alpha value is -3.45. The number of halogens is 1. The molecule has 3 aromatic heterocycles. The van der Waals surface area contributed by atoms with Crippen LogP contribution in [0, 0.1) is 0 Å². The van der Waals surface area contributed by atoms with E-state index >= 15 is 0 Å². The summed E-state index contributed by atoms with van der Waals surface area (Å²) in [5.41, 5.74) is 4.72. The molecule has 0 saturated carbocycles. The fraction of sp³-hybridized carbons (Fsp3) is 0.182. The van der Waals surface area contributed by atoms with E-state index in [2.05, 4.69) is 15.3 Å². The first-order valence-electron chi connectivity index (χ1n) is 9.26. The lowest BCUT2D eigenvalue weighted by Gasteiger charge is -2.09. The third-order valence-corrected chi connectivity index (χ3v) is 4.58. The van der Waals surface area contributed by atoms with Crippen molar-refractivity contribution in [3.8, 4) is 28.1 Å². The molecule has 0 aliphatic carbocycles. The van der Waals surface area contributed by atoms with Crippen molar-refractivity contribution in [2.75, 3.05) is 25.6 Å². The number of nitrogens with zero attached hydrogens (tertiary/aromatic N) is 3. The van der Waals surface area contributed by atoms with Gasteiger partial charge in [0, 0.05) is 30.6 Å². The second-order valence-corrected chi connectivity index (χ2v) is 6.64. The summed E-state index contributed by atoms with van der Waals surface area (Å²) in [5.74, 6) is 1.37. The summed E-state index contributed by atoms with van der Waals surface area (Å²) in [6, 6.07) is 15.7. The maximum absolute atomic E-state index is 12.4. The van der Waals surface area contributed by atoms with Gasteiger partial charge in [-0.1, -0.05) is 24.3 Å². The van der Waals surface area contributed by atoms with Gasteiger partial charge in [0.1, 0.15) is 36.6 Å². The largest absolute Gasteiger partial charge is 0.489 e. The van der Waals surface area contributed by atoms with E-state index in [1.165, 1.54) is 0 Å². The Morgan fingerprint density at radius 3 is 2.48 bits per heavy atom. The number of aliphatic hydroxyl groups is 1. The normalized spacial score (nSPS) is 12.1. The second-order valence-electron chi connectivity index (χ2n) is 6.64. The predicted octanol–water partition coefficient (Wildman–Crippen LogP) is 3.81. The average Bonchev–Trinajstić information content (AvgIpc) is 3.21. The third kappa shape index (κ3) is 4.20. The molecule has 1 atom stereocenters. The van der Waals surface area contributed by atoms with Gasteiger partial charge >= 0.3 is 0 Å². The van der Waals surface area contributed by atoms with E-state index < -0.39 is 12.8 Å². The van der Waals surface area contributed by atoms with E-state index in [0.717, 1.165) is 33.8 Å². The molecule has 6 nitrogen and oxygen atoms in total. The summed E-state index contributed by atoms with van der Waals surface area (Å²) in [5, 5.41) is 12.3. The third-order valence-electron chi connectivity index (χ3n) is 4.58. The zero-order valence-electron chi connectivity index (χ0n) is 15.9. The Labute approximate surface area is 167 Å². The number of hydrogen-bond acceptors (Lipinski definition) is 5. The number of nitrogens with one attached hydrogen (secondary N) is 1. The smallest absolute Gasteiger partial charge is 0.137 e. The Kier molecular flexibility index (Phi) is 5.39. The first kappa shape index (κ1) is 18.9. The fourth-order valence-corrected chi connectivity index (χ4v) is 2.98. The van der Waals surface area contributed by atoms with E-state index in [0.29, 0.717) is 5.75 Å². The van der Waals surface area contributed by atoms with Gasteiger partial charge in [0.05, 0.1) is 11.9 Å². The van der Waals surface area contributed by atoms with Crippen molar-refractivity contribution in [1.82, 2.24) is 14.4 Å². The Morgan fingerprint density at radius 2 is 1.79 bits per heavy atom. The Bertz CT molecular complexity index is 1090. The van der Waals surface area contributed by atoms with Crippen LogP contribution in [0.15, 0.2) is 67.1 Å². The highest BCUT2D eigenvalue weighted by molar-refractivity contribution is 5.70. The molecule has 3 heterocycles. The molecular formula is C22H21FN4O2. The first-order chi connectivity index (χ1) is 14.2. The average molecular weight is 392 g/mol. The van der Waals surface area contributed by atoms with Crippen molar-refractivity contribution in [2.24, 2.45) is 0 Å². The standard InChI is InChI=1S/C22H21FN4O2/c1-24-21-8-6-17(11-25-21)15-2-4-16(5-3-15)20-13-27-12-19(7-9-22(27)26-20)29-14-18(28)10-23/h2-9,11-13,18,28H,10,14H2,1H3,(H,24,25)/t18-/m1/s1. The number of anilines is 1. The minimum absolute atomic E-state index is 0.0881. The van der Waals surface area contributed by atoms with Crippen LogP contribution in [0.25, 0.3) is 28.0 Å². The predicted molar refractivity (Wildman–Crippen MR) is 111 cm³/mol. The number of aliphatic hydroxyl groups excluding tert-OH is 1. The van der Waals surface area contributed by atoms with Gasteiger partial charge in [-0.2, -0.15) is 0 Å². The van der Waals surface area contributed by atoms with E-state index in [1.54, 1.807) is 12.3 Å². The van der Waals surface area contributed by atoms with E-state index in [-0.39, 0.29) is 6.61 Å². The Morgan fingerprint density at radius 1 is 1.03 bits per heavy atom. The Balaban J connectivity index is 1.54. The molecular weight excluding hydrogens is 371 g/mol. The number of fused-ring (bicyclic) bond motifs is 1. The molecule has 0 radical (unpaired) electrons. The van der Waals surface area contributed by atoms with Crippen LogP contribution in [0.2, 0.25) is 0 Å². The molecule has 0 bridgehead atoms. The molecule has 29 heavy (non-hydrogen) atoms. The van der Waals surface area contributed by atoms with Crippen LogP contribution in [-0.2, 0) is 0 Å². The van der Waals surface area contributed by atoms with Crippen molar-refractivity contribution < 1.29 is 14.2 Å². The SMILES string of the molecule is CNc1ccc(-c2ccc(-c3cn4cc(OC[C@H](O)CF)ccc4n3)cc2)cn1. The second kappa shape index (κ2) is 8.28. The highest BCUT2D eigenvalue weighted by atomic mass is 19.1. The molecule has 0 spiro atoms. The lowest BCUT2D eigenvalue weighted by Crippen LogP contribution is -2.19. The highest BCUT2D eigenvalue weighted by Gasteiger charge is 2.08. The summed E-state index contributed by atoms with van der Waals surface area (Å²) in [6.45, 7) is -0.918. The minimum Gasteiger partial charge on any atom is -0.489 e. The van der Waals surface area contributed by atoms with Gasteiger partial charge in [-0.15, -0.1) is 0 Å². The summed E-state index contributed by atoms with van der Waals surface area (Å²) >= 11 is 0. The molecule has 1 aromatic carbocycles. The fourth-order valence-electron chi connectivity index (χ4n) is 2.98. The zero-order chi connectivity index (χ0) is 20.2. The quantitative estimate of drug-likeness (QED) is 0.500. The number of alkyl halides is 1. The maximum atomic E-state index is 12.4. The molecule has 0 amide bonds. The summed E-state index contributed by atoms with van der Waals surface area (Å²) < 4.78 is 19.6. The van der Waals surface area contributed by atoms with Crippen molar-refractivity contribution in [1.29, 1.82) is 0 Å². The van der Waals surface area contributed by atoms with Gasteiger partial charge in [-0.05, 0) is 29.8 Å². The van der Waals surface area contributed by atoms with Crippen molar-refractivity contribution in [3.63, 3.8) is 0 Å². The molecule has 7 heteroatoms. The lowest BCUT2D eigenvalue weighted by atomic mass is 10.0. The van der Waals surface area contributed by atoms with Crippen LogP contribution >= 0.6 is 0 Å². The van der Waals surface area contributed by atoms with Crippen LogP contribution in [-0.4, -0.2) is 45.9 Å². The van der Waals surface area contributed by atoms with Gasteiger partial charge in [-0.25, -0.2) is 14.4 Å². The zero-order valence-corrected chi connectivity index (χ0v) is 15.9. The van der Waals surface area contributed by atoms with Crippen molar-refractivity contribution >= 4 is 11.5 Å². The molecule has 0 fully saturated rings. The highest BCUT2D eigenvalue weighted by Crippen LogP contribution is 2.25. The van der Waals surface area contributed by atoms with Gasteiger partial charge in [0.2, 0.25) is 0 Å². The maximum Gasteiger partial charge on any atom is 0.137 e. The molecule has 0 aliphatic rings. The summed E-state index contributed by atoms with van der Waals surface area (Å²) in [7, 11) is 1.84. The van der Waals surface area contributed by atoms with E-state index in [4.69, 9.17) is 4.74 Å². The van der Waals surface area contributed by atoms with Crippen molar-refractivity contribution in [2.45, 2.75) is 6.10 Å².